The van der Waals surface area contributed by atoms with Crippen LogP contribution in [0.25, 0.3) is 0 Å². The summed E-state index contributed by atoms with van der Waals surface area (Å²) in [5.74, 6) is 1.54. The van der Waals surface area contributed by atoms with Crippen LogP contribution in [-0.4, -0.2) is 18.5 Å². The summed E-state index contributed by atoms with van der Waals surface area (Å²) in [7, 11) is 2.10. The van der Waals surface area contributed by atoms with E-state index >= 15 is 0 Å². The highest BCUT2D eigenvalue weighted by molar-refractivity contribution is 9.10. The van der Waals surface area contributed by atoms with E-state index < -0.39 is 0 Å². The Bertz CT molecular complexity index is 380. The molecule has 0 aliphatic heterocycles. The molecule has 2 atom stereocenters. The van der Waals surface area contributed by atoms with Crippen molar-refractivity contribution in [1.29, 1.82) is 0 Å². The minimum Gasteiger partial charge on any atom is -0.302 e. The van der Waals surface area contributed by atoms with Gasteiger partial charge in [0.15, 0.2) is 0 Å². The fraction of sp³-hybridized carbons (Fsp3) is 0.538. The fourth-order valence-corrected chi connectivity index (χ4v) is 2.47. The van der Waals surface area contributed by atoms with E-state index in [1.54, 1.807) is 6.07 Å². The van der Waals surface area contributed by atoms with Crippen molar-refractivity contribution < 1.29 is 4.39 Å². The second-order valence-electron chi connectivity index (χ2n) is 4.88. The Morgan fingerprint density at radius 2 is 2.19 bits per heavy atom. The molecule has 1 nitrogen and oxygen atoms in total. The number of rotatable bonds is 4. The average molecular weight is 286 g/mol. The number of benzene rings is 1. The van der Waals surface area contributed by atoms with Crippen molar-refractivity contribution in [3.8, 4) is 0 Å². The van der Waals surface area contributed by atoms with Gasteiger partial charge in [0.1, 0.15) is 5.82 Å². The Labute approximate surface area is 105 Å². The van der Waals surface area contributed by atoms with Crippen LogP contribution >= 0.6 is 15.9 Å². The van der Waals surface area contributed by atoms with Crippen LogP contribution in [0.4, 0.5) is 4.39 Å². The molecule has 2 unspecified atom stereocenters. The molecule has 0 bridgehead atoms. The second kappa shape index (κ2) is 4.84. The first-order chi connectivity index (χ1) is 7.58. The lowest BCUT2D eigenvalue weighted by atomic mass is 10.2. The van der Waals surface area contributed by atoms with Gasteiger partial charge in [-0.25, -0.2) is 4.39 Å². The molecule has 1 aliphatic rings. The van der Waals surface area contributed by atoms with Crippen LogP contribution in [0.3, 0.4) is 0 Å². The van der Waals surface area contributed by atoms with Crippen molar-refractivity contribution in [2.75, 3.05) is 13.6 Å². The lowest BCUT2D eigenvalue weighted by molar-refractivity contribution is 0.306. The summed E-state index contributed by atoms with van der Waals surface area (Å²) in [4.78, 5) is 2.27. The van der Waals surface area contributed by atoms with Crippen molar-refractivity contribution in [1.82, 2.24) is 4.90 Å². The Balaban J connectivity index is 1.95. The highest BCUT2D eigenvalue weighted by atomic mass is 79.9. The van der Waals surface area contributed by atoms with Crippen molar-refractivity contribution in [2.45, 2.75) is 19.9 Å². The van der Waals surface area contributed by atoms with E-state index in [0.29, 0.717) is 4.47 Å². The molecular weight excluding hydrogens is 269 g/mol. The SMILES string of the molecule is CC1CC1CN(C)Cc1cccc(F)c1Br. The zero-order chi connectivity index (χ0) is 11.7. The number of nitrogens with zero attached hydrogens (tertiary/aromatic N) is 1. The van der Waals surface area contributed by atoms with Gasteiger partial charge >= 0.3 is 0 Å². The quantitative estimate of drug-likeness (QED) is 0.816. The van der Waals surface area contributed by atoms with Gasteiger partial charge in [-0.2, -0.15) is 0 Å². The van der Waals surface area contributed by atoms with Gasteiger partial charge < -0.3 is 4.90 Å². The first kappa shape index (κ1) is 12.1. The standard InChI is InChI=1S/C13H17BrFN/c1-9-6-11(9)8-16(2)7-10-4-3-5-12(15)13(10)14/h3-5,9,11H,6-8H2,1-2H3. The molecule has 1 fully saturated rings. The third-order valence-electron chi connectivity index (χ3n) is 3.29. The number of hydrogen-bond donors (Lipinski definition) is 0. The van der Waals surface area contributed by atoms with E-state index in [4.69, 9.17) is 0 Å². The summed E-state index contributed by atoms with van der Waals surface area (Å²) in [6, 6.07) is 5.22. The predicted molar refractivity (Wildman–Crippen MR) is 67.7 cm³/mol. The molecule has 0 N–H and O–H groups in total. The molecule has 0 spiro atoms. The van der Waals surface area contributed by atoms with Crippen LogP contribution in [0, 0.1) is 17.7 Å². The minimum atomic E-state index is -0.175. The van der Waals surface area contributed by atoms with E-state index in [2.05, 4.69) is 34.8 Å². The zero-order valence-corrected chi connectivity index (χ0v) is 11.3. The molecule has 16 heavy (non-hydrogen) atoms. The summed E-state index contributed by atoms with van der Waals surface area (Å²) < 4.78 is 13.9. The number of hydrogen-bond acceptors (Lipinski definition) is 1. The molecule has 0 saturated heterocycles. The van der Waals surface area contributed by atoms with E-state index in [1.807, 2.05) is 6.07 Å². The minimum absolute atomic E-state index is 0.175. The molecule has 1 aliphatic carbocycles. The zero-order valence-electron chi connectivity index (χ0n) is 9.71. The second-order valence-corrected chi connectivity index (χ2v) is 5.68. The highest BCUT2D eigenvalue weighted by Gasteiger charge is 2.33. The van der Waals surface area contributed by atoms with Crippen LogP contribution < -0.4 is 0 Å². The topological polar surface area (TPSA) is 3.24 Å². The normalized spacial score (nSPS) is 23.8. The van der Waals surface area contributed by atoms with Gasteiger partial charge in [-0.1, -0.05) is 19.1 Å². The number of halogens is 2. The summed E-state index contributed by atoms with van der Waals surface area (Å²) in [5, 5.41) is 0. The Morgan fingerprint density at radius 3 is 2.81 bits per heavy atom. The van der Waals surface area contributed by atoms with Gasteiger partial charge in [0, 0.05) is 13.1 Å². The Morgan fingerprint density at radius 1 is 1.50 bits per heavy atom. The summed E-state index contributed by atoms with van der Waals surface area (Å²) in [6.45, 7) is 4.21. The maximum atomic E-state index is 13.3. The van der Waals surface area contributed by atoms with Crippen LogP contribution in [0.5, 0.6) is 0 Å². The van der Waals surface area contributed by atoms with E-state index in [9.17, 15) is 4.39 Å². The van der Waals surface area contributed by atoms with Gasteiger partial charge in [0.05, 0.1) is 4.47 Å². The molecule has 1 aromatic rings. The molecule has 1 aromatic carbocycles. The maximum Gasteiger partial charge on any atom is 0.137 e. The van der Waals surface area contributed by atoms with Gasteiger partial charge in [-0.05, 0) is 52.9 Å². The predicted octanol–water partition coefficient (Wildman–Crippen LogP) is 3.68. The molecule has 0 radical (unpaired) electrons. The van der Waals surface area contributed by atoms with Crippen LogP contribution in [-0.2, 0) is 6.54 Å². The van der Waals surface area contributed by atoms with Crippen molar-refractivity contribution in [3.05, 3.63) is 34.1 Å². The Kier molecular flexibility index (Phi) is 3.65. The maximum absolute atomic E-state index is 13.3. The molecule has 3 heteroatoms. The van der Waals surface area contributed by atoms with Crippen LogP contribution in [0.15, 0.2) is 22.7 Å². The summed E-state index contributed by atoms with van der Waals surface area (Å²) in [5.41, 5.74) is 1.02. The smallest absolute Gasteiger partial charge is 0.137 e. The molecule has 2 rings (SSSR count). The third-order valence-corrected chi connectivity index (χ3v) is 4.18. The molecule has 88 valence electrons. The van der Waals surface area contributed by atoms with Crippen molar-refractivity contribution in [3.63, 3.8) is 0 Å². The van der Waals surface area contributed by atoms with Crippen molar-refractivity contribution in [2.24, 2.45) is 11.8 Å². The molecule has 0 amide bonds. The van der Waals surface area contributed by atoms with Gasteiger partial charge in [0.25, 0.3) is 0 Å². The van der Waals surface area contributed by atoms with E-state index in [0.717, 1.165) is 30.5 Å². The van der Waals surface area contributed by atoms with Crippen molar-refractivity contribution >= 4 is 15.9 Å². The first-order valence-electron chi connectivity index (χ1n) is 5.69. The summed E-state index contributed by atoms with van der Waals surface area (Å²) in [6.07, 6.45) is 1.34. The van der Waals surface area contributed by atoms with Gasteiger partial charge in [-0.3, -0.25) is 0 Å². The lowest BCUT2D eigenvalue weighted by Crippen LogP contribution is -2.21. The fourth-order valence-electron chi connectivity index (χ4n) is 2.08. The van der Waals surface area contributed by atoms with E-state index in [-0.39, 0.29) is 5.82 Å². The van der Waals surface area contributed by atoms with E-state index in [1.165, 1.54) is 12.5 Å². The summed E-state index contributed by atoms with van der Waals surface area (Å²) >= 11 is 3.30. The molecule has 1 saturated carbocycles. The molecule has 0 heterocycles. The first-order valence-corrected chi connectivity index (χ1v) is 6.48. The van der Waals surface area contributed by atoms with Gasteiger partial charge in [0.2, 0.25) is 0 Å². The lowest BCUT2D eigenvalue weighted by Gasteiger charge is -2.17. The Hall–Kier alpha value is -0.410. The molecular formula is C13H17BrFN. The molecule has 0 aromatic heterocycles. The highest BCUT2D eigenvalue weighted by Crippen LogP contribution is 2.38. The third kappa shape index (κ3) is 2.83. The van der Waals surface area contributed by atoms with Crippen LogP contribution in [0.1, 0.15) is 18.9 Å². The van der Waals surface area contributed by atoms with Gasteiger partial charge in [-0.15, -0.1) is 0 Å². The van der Waals surface area contributed by atoms with Crippen LogP contribution in [0.2, 0.25) is 0 Å². The monoisotopic (exact) mass is 285 g/mol. The largest absolute Gasteiger partial charge is 0.302 e. The average Bonchev–Trinajstić information content (AvgIpc) is 2.89.